The van der Waals surface area contributed by atoms with Gasteiger partial charge in [0.1, 0.15) is 5.75 Å². The normalized spacial score (nSPS) is 18.7. The Hall–Kier alpha value is -0.630. The molecule has 1 saturated carbocycles. The molecule has 0 aromatic heterocycles. The first-order valence-corrected chi connectivity index (χ1v) is 9.53. The van der Waals surface area contributed by atoms with Gasteiger partial charge in [-0.1, -0.05) is 59.1 Å². The highest BCUT2D eigenvalue weighted by atomic mass is 32.2. The fourth-order valence-corrected chi connectivity index (χ4v) is 4.08. The van der Waals surface area contributed by atoms with E-state index in [0.717, 1.165) is 11.3 Å². The van der Waals surface area contributed by atoms with Crippen LogP contribution in [0, 0.1) is 0 Å². The third-order valence-corrected chi connectivity index (χ3v) is 5.52. The highest BCUT2D eigenvalue weighted by Crippen LogP contribution is 2.46. The van der Waals surface area contributed by atoms with Crippen LogP contribution in [0.4, 0.5) is 0 Å². The zero-order valence-corrected chi connectivity index (χ0v) is 15.1. The Balaban J connectivity index is 2.55. The molecule has 1 aromatic carbocycles. The molecular weight excluding hydrogens is 276 g/mol. The van der Waals surface area contributed by atoms with E-state index in [9.17, 15) is 5.11 Å². The SMILES string of the molecule is CSCc1cc(C(C)(C)C)c(O)c(C2(C)CCCCC2)c1. The zero-order chi connectivity index (χ0) is 15.7. The van der Waals surface area contributed by atoms with Gasteiger partial charge in [-0.2, -0.15) is 11.8 Å². The smallest absolute Gasteiger partial charge is 0.123 e. The first-order chi connectivity index (χ1) is 9.78. The van der Waals surface area contributed by atoms with E-state index in [1.807, 2.05) is 11.8 Å². The fraction of sp³-hybridized carbons (Fsp3) is 0.684. The van der Waals surface area contributed by atoms with Gasteiger partial charge in [0.15, 0.2) is 0 Å². The average Bonchev–Trinajstić information content (AvgIpc) is 2.40. The maximum atomic E-state index is 10.9. The highest BCUT2D eigenvalue weighted by molar-refractivity contribution is 7.97. The molecule has 0 bridgehead atoms. The number of phenolic OH excluding ortho intramolecular Hbond substituents is 1. The molecule has 2 heteroatoms. The number of aromatic hydroxyl groups is 1. The average molecular weight is 307 g/mol. The molecule has 1 aliphatic carbocycles. The highest BCUT2D eigenvalue weighted by Gasteiger charge is 2.33. The van der Waals surface area contributed by atoms with Gasteiger partial charge in [-0.25, -0.2) is 0 Å². The molecule has 0 amide bonds. The van der Waals surface area contributed by atoms with Crippen LogP contribution in [0.25, 0.3) is 0 Å². The summed E-state index contributed by atoms with van der Waals surface area (Å²) < 4.78 is 0. The molecule has 118 valence electrons. The molecule has 0 unspecified atom stereocenters. The van der Waals surface area contributed by atoms with Gasteiger partial charge in [0, 0.05) is 11.3 Å². The zero-order valence-electron chi connectivity index (χ0n) is 14.3. The van der Waals surface area contributed by atoms with Gasteiger partial charge < -0.3 is 5.11 Å². The van der Waals surface area contributed by atoms with Crippen LogP contribution in [0.2, 0.25) is 0 Å². The standard InChI is InChI=1S/C19H30OS/c1-18(2,3)15-11-14(13-21-5)12-16(17(15)20)19(4)9-7-6-8-10-19/h11-12,20H,6-10,13H2,1-5H3. The van der Waals surface area contributed by atoms with E-state index in [-0.39, 0.29) is 10.8 Å². The molecule has 0 heterocycles. The van der Waals surface area contributed by atoms with E-state index in [0.29, 0.717) is 5.75 Å². The van der Waals surface area contributed by atoms with E-state index in [1.54, 1.807) is 0 Å². The van der Waals surface area contributed by atoms with Crippen LogP contribution in [-0.2, 0) is 16.6 Å². The van der Waals surface area contributed by atoms with Gasteiger partial charge in [0.2, 0.25) is 0 Å². The van der Waals surface area contributed by atoms with Crippen LogP contribution < -0.4 is 0 Å². The second-order valence-electron chi connectivity index (χ2n) is 7.84. The van der Waals surface area contributed by atoms with Gasteiger partial charge in [0.25, 0.3) is 0 Å². The summed E-state index contributed by atoms with van der Waals surface area (Å²) in [5.74, 6) is 1.57. The Morgan fingerprint density at radius 3 is 2.29 bits per heavy atom. The van der Waals surface area contributed by atoms with Crippen LogP contribution in [0.3, 0.4) is 0 Å². The first-order valence-electron chi connectivity index (χ1n) is 8.14. The number of phenols is 1. The summed E-state index contributed by atoms with van der Waals surface area (Å²) in [6.07, 6.45) is 8.46. The predicted octanol–water partition coefficient (Wildman–Crippen LogP) is 5.77. The van der Waals surface area contributed by atoms with Crippen LogP contribution in [0.1, 0.15) is 76.5 Å². The lowest BCUT2D eigenvalue weighted by Crippen LogP contribution is -2.26. The Morgan fingerprint density at radius 1 is 1.14 bits per heavy atom. The molecule has 2 rings (SSSR count). The molecule has 1 aliphatic rings. The first kappa shape index (κ1) is 16.7. The Kier molecular flexibility index (Phi) is 4.97. The van der Waals surface area contributed by atoms with Crippen LogP contribution >= 0.6 is 11.8 Å². The lowest BCUT2D eigenvalue weighted by molar-refractivity contribution is 0.306. The molecule has 1 N–H and O–H groups in total. The second-order valence-corrected chi connectivity index (χ2v) is 8.71. The molecule has 1 nitrogen and oxygen atoms in total. The minimum atomic E-state index is -0.0156. The van der Waals surface area contributed by atoms with Crippen molar-refractivity contribution in [2.75, 3.05) is 6.26 Å². The molecule has 0 saturated heterocycles. The maximum Gasteiger partial charge on any atom is 0.123 e. The fourth-order valence-electron chi connectivity index (χ4n) is 3.58. The molecule has 0 atom stereocenters. The van der Waals surface area contributed by atoms with Crippen molar-refractivity contribution in [3.63, 3.8) is 0 Å². The van der Waals surface area contributed by atoms with E-state index in [1.165, 1.54) is 43.2 Å². The summed E-state index contributed by atoms with van der Waals surface area (Å²) in [7, 11) is 0. The van der Waals surface area contributed by atoms with Gasteiger partial charge in [-0.15, -0.1) is 0 Å². The van der Waals surface area contributed by atoms with Crippen LogP contribution in [0.15, 0.2) is 12.1 Å². The van der Waals surface area contributed by atoms with E-state index >= 15 is 0 Å². The van der Waals surface area contributed by atoms with Crippen LogP contribution in [0.5, 0.6) is 5.75 Å². The molecule has 1 aromatic rings. The predicted molar refractivity (Wildman–Crippen MR) is 94.5 cm³/mol. The summed E-state index contributed by atoms with van der Waals surface area (Å²) in [6.45, 7) is 8.92. The second kappa shape index (κ2) is 6.24. The number of thioether (sulfide) groups is 1. The van der Waals surface area contributed by atoms with E-state index in [2.05, 4.69) is 46.1 Å². The van der Waals surface area contributed by atoms with E-state index < -0.39 is 0 Å². The summed E-state index contributed by atoms with van der Waals surface area (Å²) >= 11 is 1.85. The quantitative estimate of drug-likeness (QED) is 0.764. The van der Waals surface area contributed by atoms with Gasteiger partial charge in [-0.3, -0.25) is 0 Å². The van der Waals surface area contributed by atoms with Gasteiger partial charge in [0.05, 0.1) is 0 Å². The number of rotatable bonds is 3. The van der Waals surface area contributed by atoms with Crippen molar-refractivity contribution < 1.29 is 5.11 Å². The number of hydrogen-bond donors (Lipinski definition) is 1. The van der Waals surface area contributed by atoms with Gasteiger partial charge >= 0.3 is 0 Å². The topological polar surface area (TPSA) is 20.2 Å². The Bertz CT molecular complexity index is 493. The minimum Gasteiger partial charge on any atom is -0.507 e. The van der Waals surface area contributed by atoms with Crippen molar-refractivity contribution in [2.45, 2.75) is 76.4 Å². The number of benzene rings is 1. The summed E-state index contributed by atoms with van der Waals surface area (Å²) in [4.78, 5) is 0. The van der Waals surface area contributed by atoms with Gasteiger partial charge in [-0.05, 0) is 41.1 Å². The van der Waals surface area contributed by atoms with Crippen LogP contribution in [-0.4, -0.2) is 11.4 Å². The Labute approximate surface area is 134 Å². The van der Waals surface area contributed by atoms with Crippen molar-refractivity contribution in [1.29, 1.82) is 0 Å². The maximum absolute atomic E-state index is 10.9. The molecular formula is C19H30OS. The summed E-state index contributed by atoms with van der Waals surface area (Å²) in [5, 5.41) is 10.9. The summed E-state index contributed by atoms with van der Waals surface area (Å²) in [6, 6.07) is 4.48. The van der Waals surface area contributed by atoms with Crippen molar-refractivity contribution >= 4 is 11.8 Å². The molecule has 21 heavy (non-hydrogen) atoms. The lowest BCUT2D eigenvalue weighted by Gasteiger charge is -2.36. The third-order valence-electron chi connectivity index (χ3n) is 4.90. The molecule has 0 aliphatic heterocycles. The third kappa shape index (κ3) is 3.59. The molecule has 0 spiro atoms. The Morgan fingerprint density at radius 2 is 1.76 bits per heavy atom. The van der Waals surface area contributed by atoms with Crippen molar-refractivity contribution in [3.8, 4) is 5.75 Å². The van der Waals surface area contributed by atoms with Crippen molar-refractivity contribution in [2.24, 2.45) is 0 Å². The number of hydrogen-bond acceptors (Lipinski definition) is 2. The monoisotopic (exact) mass is 306 g/mol. The largest absolute Gasteiger partial charge is 0.507 e. The molecule has 0 radical (unpaired) electrons. The van der Waals surface area contributed by atoms with Crippen molar-refractivity contribution in [3.05, 3.63) is 28.8 Å². The molecule has 1 fully saturated rings. The lowest BCUT2D eigenvalue weighted by atomic mass is 9.69. The van der Waals surface area contributed by atoms with E-state index in [4.69, 9.17) is 0 Å². The summed E-state index contributed by atoms with van der Waals surface area (Å²) in [5.41, 5.74) is 3.79. The van der Waals surface area contributed by atoms with Crippen molar-refractivity contribution in [1.82, 2.24) is 0 Å². The minimum absolute atomic E-state index is 0.0156.